The summed E-state index contributed by atoms with van der Waals surface area (Å²) in [4.78, 5) is 24.2. The van der Waals surface area contributed by atoms with Crippen molar-refractivity contribution in [1.29, 1.82) is 0 Å². The third kappa shape index (κ3) is 5.76. The lowest BCUT2D eigenvalue weighted by atomic mass is 10.0. The number of ether oxygens (including phenoxy) is 1. The van der Waals surface area contributed by atoms with E-state index in [1.807, 2.05) is 6.92 Å². The Balaban J connectivity index is 1.94. The maximum absolute atomic E-state index is 13.8. The van der Waals surface area contributed by atoms with E-state index in [0.29, 0.717) is 27.3 Å². The number of carboxylic acid groups (broad SMARTS) is 1. The summed E-state index contributed by atoms with van der Waals surface area (Å²) in [6.45, 7) is 1.74. The van der Waals surface area contributed by atoms with Crippen molar-refractivity contribution in [1.82, 2.24) is 15.1 Å². The Morgan fingerprint density at radius 3 is 2.43 bits per heavy atom. The van der Waals surface area contributed by atoms with Crippen LogP contribution in [0.25, 0.3) is 0 Å². The van der Waals surface area contributed by atoms with Gasteiger partial charge in [-0.25, -0.2) is 4.79 Å². The van der Waals surface area contributed by atoms with Crippen LogP contribution in [0.2, 0.25) is 5.02 Å². The Hall–Kier alpha value is -3.53. The second kappa shape index (κ2) is 10.4. The molecular formula is C24H23ClF3N3O4. The van der Waals surface area contributed by atoms with E-state index < -0.39 is 29.3 Å². The van der Waals surface area contributed by atoms with Crippen LogP contribution in [0.1, 0.15) is 55.7 Å². The second-order valence-electron chi connectivity index (χ2n) is 7.76. The number of nitrogens with one attached hydrogen (secondary N) is 1. The van der Waals surface area contributed by atoms with Crippen LogP contribution in [-0.2, 0) is 32.6 Å². The zero-order chi connectivity index (χ0) is 25.9. The van der Waals surface area contributed by atoms with Gasteiger partial charge in [0.2, 0.25) is 0 Å². The normalized spacial score (nSPS) is 11.4. The fourth-order valence-corrected chi connectivity index (χ4v) is 4.07. The molecule has 2 aromatic carbocycles. The topological polar surface area (TPSA) is 93.5 Å². The first-order valence-corrected chi connectivity index (χ1v) is 10.9. The van der Waals surface area contributed by atoms with Crippen molar-refractivity contribution in [2.24, 2.45) is 7.05 Å². The highest BCUT2D eigenvalue weighted by Gasteiger charge is 2.41. The van der Waals surface area contributed by atoms with Crippen LogP contribution < -0.4 is 10.1 Å². The maximum atomic E-state index is 13.8. The number of nitrogens with zero attached hydrogens (tertiary/aromatic N) is 2. The zero-order valence-corrected chi connectivity index (χ0v) is 19.9. The largest absolute Gasteiger partial charge is 0.496 e. The SMILES string of the molecule is CCc1ccc(Cc2nn(C)c(C(F)(F)F)c2C(=O)NCc2ccc(C(=O)O)cc2OC)cc1Cl. The number of hydrogen-bond donors (Lipinski definition) is 2. The number of methoxy groups -OCH3 is 1. The van der Waals surface area contributed by atoms with Crippen molar-refractivity contribution in [3.63, 3.8) is 0 Å². The van der Waals surface area contributed by atoms with Crippen LogP contribution in [0.3, 0.4) is 0 Å². The standard InChI is InChI=1S/C24H23ClF3N3O4/c1-4-14-6-5-13(9-17(14)25)10-18-20(21(24(26,27)28)31(2)30-18)22(32)29-12-16-8-7-15(23(33)34)11-19(16)35-3/h5-9,11H,4,10,12H2,1-3H3,(H,29,32)(H,33,34). The van der Waals surface area contributed by atoms with Crippen LogP contribution in [0, 0.1) is 0 Å². The average molecular weight is 510 g/mol. The molecule has 0 bridgehead atoms. The van der Waals surface area contributed by atoms with Crippen LogP contribution in [0.5, 0.6) is 5.75 Å². The van der Waals surface area contributed by atoms with E-state index >= 15 is 0 Å². The highest BCUT2D eigenvalue weighted by atomic mass is 35.5. The molecule has 3 aromatic rings. The number of carboxylic acids is 1. The number of carbonyl (C=O) groups is 2. The lowest BCUT2D eigenvalue weighted by molar-refractivity contribution is -0.144. The average Bonchev–Trinajstić information content (AvgIpc) is 3.13. The van der Waals surface area contributed by atoms with Crippen LogP contribution in [-0.4, -0.2) is 33.9 Å². The van der Waals surface area contributed by atoms with Gasteiger partial charge in [-0.05, 0) is 35.7 Å². The van der Waals surface area contributed by atoms with Gasteiger partial charge in [0.15, 0.2) is 5.69 Å². The molecule has 0 aliphatic heterocycles. The Morgan fingerprint density at radius 1 is 1.17 bits per heavy atom. The van der Waals surface area contributed by atoms with E-state index in [-0.39, 0.29) is 30.0 Å². The second-order valence-corrected chi connectivity index (χ2v) is 8.17. The number of hydrogen-bond acceptors (Lipinski definition) is 4. The molecule has 1 heterocycles. The molecule has 7 nitrogen and oxygen atoms in total. The predicted octanol–water partition coefficient (Wildman–Crippen LogP) is 4.88. The molecule has 3 rings (SSSR count). The fourth-order valence-electron chi connectivity index (χ4n) is 3.74. The van der Waals surface area contributed by atoms with E-state index in [2.05, 4.69) is 10.4 Å². The van der Waals surface area contributed by atoms with Crippen molar-refractivity contribution in [2.45, 2.75) is 32.5 Å². The van der Waals surface area contributed by atoms with E-state index in [1.165, 1.54) is 25.3 Å². The Morgan fingerprint density at radius 2 is 1.86 bits per heavy atom. The van der Waals surface area contributed by atoms with Crippen molar-refractivity contribution in [2.75, 3.05) is 7.11 Å². The highest BCUT2D eigenvalue weighted by Crippen LogP contribution is 2.34. The van der Waals surface area contributed by atoms with Crippen molar-refractivity contribution in [3.8, 4) is 5.75 Å². The molecule has 1 aromatic heterocycles. The third-order valence-electron chi connectivity index (χ3n) is 5.46. The molecule has 186 valence electrons. The number of benzene rings is 2. The molecule has 0 radical (unpaired) electrons. The molecule has 2 N–H and O–H groups in total. The molecule has 0 spiro atoms. The molecule has 0 saturated carbocycles. The Labute approximate surface area is 204 Å². The quantitative estimate of drug-likeness (QED) is 0.451. The van der Waals surface area contributed by atoms with E-state index in [9.17, 15) is 22.8 Å². The molecule has 0 fully saturated rings. The summed E-state index contributed by atoms with van der Waals surface area (Å²) in [6.07, 6.45) is -4.16. The van der Waals surface area contributed by atoms with Gasteiger partial charge in [-0.15, -0.1) is 0 Å². The van der Waals surface area contributed by atoms with E-state index in [1.54, 1.807) is 18.2 Å². The summed E-state index contributed by atoms with van der Waals surface area (Å²) < 4.78 is 47.4. The van der Waals surface area contributed by atoms with Gasteiger partial charge in [-0.1, -0.05) is 36.7 Å². The molecule has 0 atom stereocenters. The smallest absolute Gasteiger partial charge is 0.433 e. The molecule has 35 heavy (non-hydrogen) atoms. The molecule has 0 unspecified atom stereocenters. The Bertz CT molecular complexity index is 1270. The number of halogens is 4. The van der Waals surface area contributed by atoms with Crippen LogP contribution in [0.4, 0.5) is 13.2 Å². The lowest BCUT2D eigenvalue weighted by Crippen LogP contribution is -2.27. The van der Waals surface area contributed by atoms with Gasteiger partial charge in [0.25, 0.3) is 5.91 Å². The molecule has 0 aliphatic rings. The van der Waals surface area contributed by atoms with Gasteiger partial charge in [-0.3, -0.25) is 9.48 Å². The zero-order valence-electron chi connectivity index (χ0n) is 19.2. The number of alkyl halides is 3. The summed E-state index contributed by atoms with van der Waals surface area (Å²) in [5.41, 5.74) is 0.0646. The van der Waals surface area contributed by atoms with Gasteiger partial charge in [0.1, 0.15) is 5.75 Å². The van der Waals surface area contributed by atoms with Crippen LogP contribution >= 0.6 is 11.6 Å². The number of aryl methyl sites for hydroxylation is 2. The van der Waals surface area contributed by atoms with Crippen LogP contribution in [0.15, 0.2) is 36.4 Å². The molecular weight excluding hydrogens is 487 g/mol. The van der Waals surface area contributed by atoms with Gasteiger partial charge in [0.05, 0.1) is 23.9 Å². The summed E-state index contributed by atoms with van der Waals surface area (Å²) in [5, 5.41) is 16.1. The Kier molecular flexibility index (Phi) is 7.74. The van der Waals surface area contributed by atoms with Crippen molar-refractivity contribution in [3.05, 3.63) is 80.6 Å². The molecule has 0 saturated heterocycles. The molecule has 11 heteroatoms. The number of aromatic nitrogens is 2. The first kappa shape index (κ1) is 26.1. The van der Waals surface area contributed by atoms with Gasteiger partial charge >= 0.3 is 12.1 Å². The van der Waals surface area contributed by atoms with Gasteiger partial charge in [-0.2, -0.15) is 18.3 Å². The summed E-state index contributed by atoms with van der Waals surface area (Å²) in [6, 6.07) is 9.19. The number of amides is 1. The first-order valence-electron chi connectivity index (χ1n) is 10.5. The summed E-state index contributed by atoms with van der Waals surface area (Å²) in [7, 11) is 2.45. The number of aromatic carboxylic acids is 1. The predicted molar refractivity (Wildman–Crippen MR) is 123 cm³/mol. The minimum Gasteiger partial charge on any atom is -0.496 e. The van der Waals surface area contributed by atoms with E-state index in [4.69, 9.17) is 21.4 Å². The highest BCUT2D eigenvalue weighted by molar-refractivity contribution is 6.31. The maximum Gasteiger partial charge on any atom is 0.433 e. The van der Waals surface area contributed by atoms with Gasteiger partial charge in [0, 0.05) is 30.6 Å². The number of rotatable bonds is 8. The monoisotopic (exact) mass is 509 g/mol. The lowest BCUT2D eigenvalue weighted by Gasteiger charge is -2.13. The summed E-state index contributed by atoms with van der Waals surface area (Å²) in [5.74, 6) is -1.96. The molecule has 0 aliphatic carbocycles. The van der Waals surface area contributed by atoms with Crippen molar-refractivity contribution >= 4 is 23.5 Å². The summed E-state index contributed by atoms with van der Waals surface area (Å²) >= 11 is 6.25. The minimum absolute atomic E-state index is 0.0291. The first-order chi connectivity index (χ1) is 16.5. The fraction of sp³-hybridized carbons (Fsp3) is 0.292. The van der Waals surface area contributed by atoms with Crippen molar-refractivity contribution < 1.29 is 32.6 Å². The third-order valence-corrected chi connectivity index (χ3v) is 5.81. The van der Waals surface area contributed by atoms with E-state index in [0.717, 1.165) is 12.6 Å². The molecule has 1 amide bonds. The minimum atomic E-state index is -4.82. The van der Waals surface area contributed by atoms with Gasteiger partial charge < -0.3 is 15.2 Å². The number of carbonyl (C=O) groups excluding carboxylic acids is 1.